The Balaban J connectivity index is 2.01. The third-order valence-electron chi connectivity index (χ3n) is 3.54. The lowest BCUT2D eigenvalue weighted by Gasteiger charge is -2.20. The van der Waals surface area contributed by atoms with Crippen LogP contribution in [-0.4, -0.2) is 67.5 Å². The third kappa shape index (κ3) is 4.24. The molecule has 23 heavy (non-hydrogen) atoms. The van der Waals surface area contributed by atoms with E-state index in [1.165, 1.54) is 20.2 Å². The summed E-state index contributed by atoms with van der Waals surface area (Å²) in [5, 5.41) is 6.06. The first-order chi connectivity index (χ1) is 10.7. The zero-order chi connectivity index (χ0) is 17.2. The lowest BCUT2D eigenvalue weighted by atomic mass is 10.1. The van der Waals surface area contributed by atoms with Crippen molar-refractivity contribution in [1.82, 2.24) is 19.4 Å². The summed E-state index contributed by atoms with van der Waals surface area (Å²) in [7, 11) is -0.586. The topological polar surface area (TPSA) is 93.5 Å². The Morgan fingerprint density at radius 2 is 2.22 bits per heavy atom. The van der Waals surface area contributed by atoms with E-state index in [9.17, 15) is 22.0 Å². The zero-order valence-electron chi connectivity index (χ0n) is 12.6. The molecule has 8 nitrogen and oxygen atoms in total. The fraction of sp³-hybridized carbons (Fsp3) is 0.667. The molecule has 1 saturated heterocycles. The van der Waals surface area contributed by atoms with E-state index in [0.717, 1.165) is 10.5 Å². The van der Waals surface area contributed by atoms with Crippen LogP contribution in [0.4, 0.5) is 8.78 Å². The third-order valence-corrected chi connectivity index (χ3v) is 5.50. The molecule has 130 valence electrons. The Morgan fingerprint density at radius 1 is 1.52 bits per heavy atom. The van der Waals surface area contributed by atoms with E-state index in [4.69, 9.17) is 4.74 Å². The smallest absolute Gasteiger partial charge is 0.333 e. The minimum absolute atomic E-state index is 0.161. The van der Waals surface area contributed by atoms with Crippen molar-refractivity contribution in [2.75, 3.05) is 33.1 Å². The molecule has 0 spiro atoms. The molecule has 1 amide bonds. The van der Waals surface area contributed by atoms with Gasteiger partial charge >= 0.3 is 6.55 Å². The summed E-state index contributed by atoms with van der Waals surface area (Å²) >= 11 is 0. The molecule has 0 aromatic carbocycles. The number of carbonyl (C=O) groups excluding carboxylic acids is 1. The monoisotopic (exact) mass is 352 g/mol. The van der Waals surface area contributed by atoms with Crippen LogP contribution in [0, 0.1) is 5.92 Å². The predicted octanol–water partition coefficient (Wildman–Crippen LogP) is -0.0856. The summed E-state index contributed by atoms with van der Waals surface area (Å²) in [6.45, 7) is -2.47. The predicted molar refractivity (Wildman–Crippen MR) is 76.5 cm³/mol. The number of ether oxygens (including phenoxy) is 1. The van der Waals surface area contributed by atoms with Crippen LogP contribution in [0.15, 0.2) is 12.3 Å². The molecule has 1 aromatic heterocycles. The molecule has 0 unspecified atom stereocenters. The molecule has 0 bridgehead atoms. The lowest BCUT2D eigenvalue weighted by Crippen LogP contribution is -2.43. The van der Waals surface area contributed by atoms with Gasteiger partial charge in [0.15, 0.2) is 0 Å². The molecule has 1 N–H and O–H groups in total. The largest absolute Gasteiger partial charge is 0.379 e. The maximum Gasteiger partial charge on any atom is 0.333 e. The van der Waals surface area contributed by atoms with E-state index in [1.807, 2.05) is 0 Å². The number of nitrogens with one attached hydrogen (secondary N) is 1. The molecule has 1 fully saturated rings. The quantitative estimate of drug-likeness (QED) is 0.773. The average Bonchev–Trinajstić information content (AvgIpc) is 3.08. The highest BCUT2D eigenvalue weighted by atomic mass is 32.2. The first-order valence-electron chi connectivity index (χ1n) is 6.83. The summed E-state index contributed by atoms with van der Waals surface area (Å²) in [6.07, 6.45) is 0.999. The van der Waals surface area contributed by atoms with Crippen LogP contribution in [-0.2, 0) is 14.8 Å². The second kappa shape index (κ2) is 6.89. The van der Waals surface area contributed by atoms with Gasteiger partial charge in [0.2, 0.25) is 10.0 Å². The fourth-order valence-corrected chi connectivity index (χ4v) is 3.32. The summed E-state index contributed by atoms with van der Waals surface area (Å²) in [5.74, 6) is -1.23. The van der Waals surface area contributed by atoms with E-state index < -0.39 is 34.4 Å². The van der Waals surface area contributed by atoms with Crippen molar-refractivity contribution in [3.63, 3.8) is 0 Å². The first kappa shape index (κ1) is 17.8. The van der Waals surface area contributed by atoms with Crippen LogP contribution in [0.3, 0.4) is 0 Å². The molecule has 1 aromatic rings. The standard InChI is InChI=1S/C12H18F2N4O4S/c1-17(2)23(20,21)7-8-5-22-6-10(8)15-11(19)9-3-4-18(16-9)12(13)14/h3-4,8,10,12H,5-7H2,1-2H3,(H,15,19)/t8-,10+/m0/s1. The molecule has 2 atom stereocenters. The Bertz CT molecular complexity index is 662. The number of amides is 1. The highest BCUT2D eigenvalue weighted by Gasteiger charge is 2.34. The Morgan fingerprint density at radius 3 is 2.78 bits per heavy atom. The van der Waals surface area contributed by atoms with Gasteiger partial charge in [0.1, 0.15) is 5.69 Å². The minimum atomic E-state index is -3.44. The van der Waals surface area contributed by atoms with Crippen LogP contribution < -0.4 is 5.32 Å². The number of sulfonamides is 1. The molecule has 2 rings (SSSR count). The summed E-state index contributed by atoms with van der Waals surface area (Å²) in [5.41, 5.74) is -0.161. The minimum Gasteiger partial charge on any atom is -0.379 e. The molecular formula is C12H18F2N4O4S. The van der Waals surface area contributed by atoms with Gasteiger partial charge < -0.3 is 10.1 Å². The van der Waals surface area contributed by atoms with Gasteiger partial charge in [0.25, 0.3) is 5.91 Å². The van der Waals surface area contributed by atoms with Gasteiger partial charge in [-0.05, 0) is 6.07 Å². The van der Waals surface area contributed by atoms with Crippen LogP contribution >= 0.6 is 0 Å². The average molecular weight is 352 g/mol. The molecule has 1 aliphatic rings. The van der Waals surface area contributed by atoms with Crippen LogP contribution in [0.1, 0.15) is 17.0 Å². The van der Waals surface area contributed by atoms with Crippen molar-refractivity contribution < 1.29 is 26.7 Å². The molecule has 11 heteroatoms. The van der Waals surface area contributed by atoms with Crippen molar-refractivity contribution >= 4 is 15.9 Å². The van der Waals surface area contributed by atoms with E-state index >= 15 is 0 Å². The molecule has 2 heterocycles. The zero-order valence-corrected chi connectivity index (χ0v) is 13.5. The highest BCUT2D eigenvalue weighted by Crippen LogP contribution is 2.18. The van der Waals surface area contributed by atoms with Gasteiger partial charge in [0, 0.05) is 26.2 Å². The van der Waals surface area contributed by atoms with Crippen molar-refractivity contribution in [3.05, 3.63) is 18.0 Å². The van der Waals surface area contributed by atoms with E-state index in [0.29, 0.717) is 4.68 Å². The number of halogens is 2. The Labute approximate surface area is 132 Å². The first-order valence-corrected chi connectivity index (χ1v) is 8.43. The van der Waals surface area contributed by atoms with Crippen molar-refractivity contribution in [2.24, 2.45) is 5.92 Å². The molecule has 1 aliphatic heterocycles. The Kier molecular flexibility index (Phi) is 5.32. The molecular weight excluding hydrogens is 334 g/mol. The summed E-state index contributed by atoms with van der Waals surface area (Å²) in [6, 6.07) is 0.650. The number of carbonyl (C=O) groups is 1. The van der Waals surface area contributed by atoms with E-state index in [2.05, 4.69) is 10.4 Å². The number of aromatic nitrogens is 2. The summed E-state index contributed by atoms with van der Waals surface area (Å²) in [4.78, 5) is 12.0. The maximum absolute atomic E-state index is 12.4. The highest BCUT2D eigenvalue weighted by molar-refractivity contribution is 7.89. The number of hydrogen-bond acceptors (Lipinski definition) is 5. The molecule has 0 saturated carbocycles. The number of alkyl halides is 2. The van der Waals surface area contributed by atoms with Crippen molar-refractivity contribution in [3.8, 4) is 0 Å². The SMILES string of the molecule is CN(C)S(=O)(=O)C[C@@H]1COC[C@H]1NC(=O)c1ccn(C(F)F)n1. The van der Waals surface area contributed by atoms with Gasteiger partial charge in [-0.15, -0.1) is 0 Å². The van der Waals surface area contributed by atoms with E-state index in [-0.39, 0.29) is 24.7 Å². The summed E-state index contributed by atoms with van der Waals surface area (Å²) < 4.78 is 55.5. The molecule has 0 aliphatic carbocycles. The van der Waals surface area contributed by atoms with Crippen LogP contribution in [0.5, 0.6) is 0 Å². The fourth-order valence-electron chi connectivity index (χ4n) is 2.15. The van der Waals surface area contributed by atoms with Crippen molar-refractivity contribution in [1.29, 1.82) is 0 Å². The lowest BCUT2D eigenvalue weighted by molar-refractivity contribution is 0.0559. The van der Waals surface area contributed by atoms with Gasteiger partial charge in [0.05, 0.1) is 25.0 Å². The molecule has 0 radical (unpaired) electrons. The van der Waals surface area contributed by atoms with Crippen LogP contribution in [0.25, 0.3) is 0 Å². The van der Waals surface area contributed by atoms with E-state index in [1.54, 1.807) is 0 Å². The second-order valence-electron chi connectivity index (χ2n) is 5.40. The van der Waals surface area contributed by atoms with Crippen LogP contribution in [0.2, 0.25) is 0 Å². The van der Waals surface area contributed by atoms with Crippen molar-refractivity contribution in [2.45, 2.75) is 12.6 Å². The normalized spacial score (nSPS) is 22.0. The van der Waals surface area contributed by atoms with Gasteiger partial charge in [-0.3, -0.25) is 4.79 Å². The second-order valence-corrected chi connectivity index (χ2v) is 7.62. The number of nitrogens with zero attached hydrogens (tertiary/aromatic N) is 3. The van der Waals surface area contributed by atoms with Gasteiger partial charge in [-0.1, -0.05) is 0 Å². The van der Waals surface area contributed by atoms with Gasteiger partial charge in [-0.25, -0.2) is 17.4 Å². The maximum atomic E-state index is 12.4. The number of hydrogen-bond donors (Lipinski definition) is 1. The van der Waals surface area contributed by atoms with Gasteiger partial charge in [-0.2, -0.15) is 13.9 Å². The number of rotatable bonds is 6. The Hall–Kier alpha value is -1.59.